The summed E-state index contributed by atoms with van der Waals surface area (Å²) in [7, 11) is 3.26. The van der Waals surface area contributed by atoms with Crippen LogP contribution in [0.3, 0.4) is 0 Å². The van der Waals surface area contributed by atoms with Crippen LogP contribution >= 0.6 is 15.9 Å². The van der Waals surface area contributed by atoms with Crippen molar-refractivity contribution in [3.05, 3.63) is 92.5 Å². The summed E-state index contributed by atoms with van der Waals surface area (Å²) in [6.07, 6.45) is 6.77. The first-order valence-corrected chi connectivity index (χ1v) is 22.5. The summed E-state index contributed by atoms with van der Waals surface area (Å²) in [5.74, 6) is 5.89. The minimum atomic E-state index is -1.68. The van der Waals surface area contributed by atoms with E-state index in [4.69, 9.17) is 15.9 Å². The van der Waals surface area contributed by atoms with E-state index in [1.54, 1.807) is 65.3 Å². The number of halogens is 1. The van der Waals surface area contributed by atoms with Crippen LogP contribution < -0.4 is 0 Å². The molecule has 4 aliphatic heterocycles. The lowest BCUT2D eigenvalue weighted by atomic mass is 10.0. The van der Waals surface area contributed by atoms with Crippen LogP contribution in [0.5, 0.6) is 0 Å². The van der Waals surface area contributed by atoms with Gasteiger partial charge in [-0.15, -0.1) is 6.42 Å². The van der Waals surface area contributed by atoms with Gasteiger partial charge in [0.05, 0.1) is 36.0 Å². The first-order chi connectivity index (χ1) is 31.8. The summed E-state index contributed by atoms with van der Waals surface area (Å²) in [5.41, 5.74) is 2.69. The van der Waals surface area contributed by atoms with Crippen molar-refractivity contribution in [2.45, 2.75) is 85.1 Å². The number of rotatable bonds is 6. The van der Waals surface area contributed by atoms with E-state index in [1.165, 1.54) is 23.6 Å². The molecular formula is C49H57BrN8O10. The Morgan fingerprint density at radius 2 is 1.19 bits per heavy atom. The van der Waals surface area contributed by atoms with E-state index >= 15 is 0 Å². The SMILES string of the molecule is C.C#C[C@]1(O)CCN(C)C1=O.CCOC(=O)c1nn(-c2cccc(Br)c2)c2c1CN(C(C)=O)CC2.CCOC(=O)c1nn(-c2cccc(C#C[C@]3(O)CCN(C)C3=O)c2)c2c1CN(C(C)=O)CC2. The van der Waals surface area contributed by atoms with Crippen molar-refractivity contribution in [2.24, 2.45) is 0 Å². The summed E-state index contributed by atoms with van der Waals surface area (Å²) < 4.78 is 14.7. The molecule has 2 saturated heterocycles. The summed E-state index contributed by atoms with van der Waals surface area (Å²) in [6.45, 7) is 9.85. The molecule has 2 aromatic carbocycles. The van der Waals surface area contributed by atoms with Crippen LogP contribution in [-0.4, -0.2) is 150 Å². The van der Waals surface area contributed by atoms with Crippen molar-refractivity contribution >= 4 is 51.5 Å². The number of nitrogens with zero attached hydrogens (tertiary/aromatic N) is 8. The number of carbonyl (C=O) groups is 6. The van der Waals surface area contributed by atoms with Gasteiger partial charge in [0, 0.05) is 114 Å². The van der Waals surface area contributed by atoms with Gasteiger partial charge >= 0.3 is 11.9 Å². The maximum atomic E-state index is 12.6. The lowest BCUT2D eigenvalue weighted by molar-refractivity contribution is -0.138. The molecule has 6 heterocycles. The van der Waals surface area contributed by atoms with Gasteiger partial charge in [0.2, 0.25) is 23.0 Å². The molecule has 68 heavy (non-hydrogen) atoms. The Morgan fingerprint density at radius 1 is 0.735 bits per heavy atom. The van der Waals surface area contributed by atoms with Gasteiger partial charge in [-0.1, -0.05) is 53.3 Å². The van der Waals surface area contributed by atoms with E-state index < -0.39 is 29.0 Å². The number of fused-ring (bicyclic) bond motifs is 2. The number of carbonyl (C=O) groups excluding carboxylic acids is 6. The summed E-state index contributed by atoms with van der Waals surface area (Å²) in [5, 5.41) is 28.9. The molecule has 2 N–H and O–H groups in total. The first kappa shape index (κ1) is 52.2. The molecule has 4 aromatic rings. The van der Waals surface area contributed by atoms with Gasteiger partial charge in [-0.2, -0.15) is 10.2 Å². The number of amides is 4. The van der Waals surface area contributed by atoms with Crippen LogP contribution in [-0.2, 0) is 54.6 Å². The van der Waals surface area contributed by atoms with Gasteiger partial charge in [-0.05, 0) is 50.2 Å². The molecule has 360 valence electrons. The van der Waals surface area contributed by atoms with Crippen molar-refractivity contribution in [3.8, 4) is 35.6 Å². The van der Waals surface area contributed by atoms with Gasteiger partial charge in [0.15, 0.2) is 11.4 Å². The topological polar surface area (TPSA) is 210 Å². The van der Waals surface area contributed by atoms with E-state index in [2.05, 4.69) is 43.9 Å². The third-order valence-corrected chi connectivity index (χ3v) is 12.3. The van der Waals surface area contributed by atoms with Crippen LogP contribution in [0.1, 0.15) is 97.0 Å². The van der Waals surface area contributed by atoms with Crippen LogP contribution in [0.2, 0.25) is 0 Å². The van der Waals surface area contributed by atoms with E-state index in [1.807, 2.05) is 30.3 Å². The van der Waals surface area contributed by atoms with Gasteiger partial charge in [-0.3, -0.25) is 19.2 Å². The Hall–Kier alpha value is -6.80. The van der Waals surface area contributed by atoms with Crippen molar-refractivity contribution in [1.29, 1.82) is 0 Å². The van der Waals surface area contributed by atoms with Crippen molar-refractivity contribution in [1.82, 2.24) is 39.2 Å². The van der Waals surface area contributed by atoms with Gasteiger partial charge < -0.3 is 39.3 Å². The van der Waals surface area contributed by atoms with Crippen LogP contribution in [0.4, 0.5) is 0 Å². The second-order valence-corrected chi connectivity index (χ2v) is 17.2. The minimum absolute atomic E-state index is 0. The number of hydrogen-bond donors (Lipinski definition) is 2. The third-order valence-electron chi connectivity index (χ3n) is 11.8. The van der Waals surface area contributed by atoms with E-state index in [0.717, 1.165) is 27.1 Å². The number of likely N-dealkylation sites (N-methyl/N-ethyl adjacent to an activating group) is 2. The lowest BCUT2D eigenvalue weighted by Crippen LogP contribution is -2.37. The lowest BCUT2D eigenvalue weighted by Gasteiger charge is -2.26. The average Bonchev–Trinajstić information content (AvgIpc) is 4.04. The molecule has 0 saturated carbocycles. The quantitative estimate of drug-likeness (QED) is 0.210. The van der Waals surface area contributed by atoms with Crippen LogP contribution in [0.15, 0.2) is 53.0 Å². The van der Waals surface area contributed by atoms with Gasteiger partial charge in [0.25, 0.3) is 11.8 Å². The zero-order valence-corrected chi connectivity index (χ0v) is 39.9. The second kappa shape index (κ2) is 21.9. The van der Waals surface area contributed by atoms with Crippen LogP contribution in [0.25, 0.3) is 11.4 Å². The summed E-state index contributed by atoms with van der Waals surface area (Å²) in [4.78, 5) is 77.9. The zero-order chi connectivity index (χ0) is 48.8. The Bertz CT molecular complexity index is 2710. The fraction of sp³-hybridized carbons (Fsp3) is 0.429. The molecule has 0 radical (unpaired) electrons. The van der Waals surface area contributed by atoms with Crippen molar-refractivity contribution in [3.63, 3.8) is 0 Å². The number of aromatic nitrogens is 4. The molecule has 4 amide bonds. The maximum Gasteiger partial charge on any atom is 0.359 e. The number of ether oxygens (including phenoxy) is 2. The monoisotopic (exact) mass is 996 g/mol. The molecule has 0 unspecified atom stereocenters. The highest BCUT2D eigenvalue weighted by molar-refractivity contribution is 9.10. The number of terminal acetylenes is 1. The highest BCUT2D eigenvalue weighted by atomic mass is 79.9. The molecule has 4 aliphatic rings. The van der Waals surface area contributed by atoms with Crippen LogP contribution in [0, 0.1) is 24.2 Å². The fourth-order valence-electron chi connectivity index (χ4n) is 7.99. The molecule has 0 spiro atoms. The predicted octanol–water partition coefficient (Wildman–Crippen LogP) is 3.46. The third kappa shape index (κ3) is 11.1. The predicted molar refractivity (Wildman–Crippen MR) is 253 cm³/mol. The van der Waals surface area contributed by atoms with Gasteiger partial charge in [0.1, 0.15) is 0 Å². The maximum absolute atomic E-state index is 12.6. The molecule has 2 aromatic heterocycles. The fourth-order valence-corrected chi connectivity index (χ4v) is 8.37. The van der Waals surface area contributed by atoms with Gasteiger partial charge in [-0.25, -0.2) is 19.0 Å². The highest BCUT2D eigenvalue weighted by Gasteiger charge is 2.43. The average molecular weight is 998 g/mol. The van der Waals surface area contributed by atoms with E-state index in [-0.39, 0.29) is 56.2 Å². The van der Waals surface area contributed by atoms with Crippen molar-refractivity contribution < 1.29 is 48.5 Å². The zero-order valence-electron chi connectivity index (χ0n) is 38.3. The highest BCUT2D eigenvalue weighted by Crippen LogP contribution is 2.29. The molecule has 2 fully saturated rings. The summed E-state index contributed by atoms with van der Waals surface area (Å²) in [6, 6.07) is 14.9. The Kier molecular flexibility index (Phi) is 16.8. The minimum Gasteiger partial charge on any atom is -0.461 e. The largest absolute Gasteiger partial charge is 0.461 e. The standard InChI is InChI=1S/C24H26N4O5.C17H18BrN3O3.C7H9NO2.CH4/c1-4-33-22(30)21-19-15-27(16(2)29)12-9-20(19)28(25-21)18-7-5-6-17(14-18)8-10-24(32)11-13-26(3)23(24)31;1-3-24-17(23)16-14-10-20(11(2)22)8-7-15(14)21(19-16)13-6-4-5-12(18)9-13;1-3-7(10)4-5-8(2)6(7)9;/h5-7,14,32H,4,9,11-13,15H2,1-3H3;4-6,9H,3,7-8,10H2,1-2H3;1,10H,4-5H2,2H3;1H4/t24-;;7-;/m0.0./s1. The molecule has 19 heteroatoms. The number of aliphatic hydroxyl groups is 2. The van der Waals surface area contributed by atoms with Crippen molar-refractivity contribution in [2.75, 3.05) is 53.5 Å². The number of esters is 2. The molecule has 18 nitrogen and oxygen atoms in total. The molecular weight excluding hydrogens is 940 g/mol. The second-order valence-electron chi connectivity index (χ2n) is 16.3. The number of likely N-dealkylation sites (tertiary alicyclic amines) is 2. The number of benzene rings is 2. The van der Waals surface area contributed by atoms with E-state index in [9.17, 15) is 39.0 Å². The molecule has 8 rings (SSSR count). The van der Waals surface area contributed by atoms with E-state index in [0.29, 0.717) is 75.3 Å². The molecule has 0 aliphatic carbocycles. The normalized spacial score (nSPS) is 19.1. The Morgan fingerprint density at radius 3 is 1.59 bits per heavy atom. The molecule has 0 bridgehead atoms. The summed E-state index contributed by atoms with van der Waals surface area (Å²) >= 11 is 3.46. The smallest absolute Gasteiger partial charge is 0.359 e. The Balaban J connectivity index is 0.000000215. The first-order valence-electron chi connectivity index (χ1n) is 21.7. The Labute approximate surface area is 404 Å². The molecule has 2 atom stereocenters. The number of hydrogen-bond acceptors (Lipinski definition) is 12.